The maximum absolute atomic E-state index is 5.59. The molecule has 0 fully saturated rings. The molecule has 84 valence electrons. The average Bonchev–Trinajstić information content (AvgIpc) is 2.61. The molecule has 4 nitrogen and oxygen atoms in total. The van der Waals surface area contributed by atoms with Crippen LogP contribution in [0.4, 0.5) is 0 Å². The summed E-state index contributed by atoms with van der Waals surface area (Å²) in [6.07, 6.45) is 3.39. The highest BCUT2D eigenvalue weighted by molar-refractivity contribution is 5.03. The molecule has 1 aromatic heterocycles. The van der Waals surface area contributed by atoms with Gasteiger partial charge in [0.2, 0.25) is 0 Å². The van der Waals surface area contributed by atoms with E-state index in [1.807, 2.05) is 0 Å². The van der Waals surface area contributed by atoms with Crippen LogP contribution in [0.5, 0.6) is 0 Å². The molecule has 0 saturated heterocycles. The van der Waals surface area contributed by atoms with Gasteiger partial charge >= 0.3 is 0 Å². The molecule has 1 unspecified atom stereocenters. The third-order valence-corrected chi connectivity index (χ3v) is 3.18. The summed E-state index contributed by atoms with van der Waals surface area (Å²) < 4.78 is 2.29. The molecule has 0 aromatic carbocycles. The molecule has 0 bridgehead atoms. The first-order chi connectivity index (χ1) is 7.22. The molecule has 1 aliphatic heterocycles. The first-order valence-corrected chi connectivity index (χ1v) is 5.84. The third kappa shape index (κ3) is 2.04. The number of nitrogens with zero attached hydrogens (tertiary/aromatic N) is 3. The molecular formula is C11H20N4. The van der Waals surface area contributed by atoms with E-state index in [9.17, 15) is 0 Å². The molecule has 2 N–H and O–H groups in total. The SMILES string of the molecule is CC(C)c1nnc2n1CCC(CCN)C2. The van der Waals surface area contributed by atoms with Crippen LogP contribution < -0.4 is 5.73 Å². The molecule has 4 heteroatoms. The van der Waals surface area contributed by atoms with E-state index in [2.05, 4.69) is 28.6 Å². The standard InChI is InChI=1S/C11H20N4/c1-8(2)11-14-13-10-7-9(3-5-12)4-6-15(10)11/h8-9H,3-7,12H2,1-2H3. The number of hydrogen-bond acceptors (Lipinski definition) is 3. The first-order valence-electron chi connectivity index (χ1n) is 5.84. The van der Waals surface area contributed by atoms with Crippen molar-refractivity contribution in [2.24, 2.45) is 11.7 Å². The van der Waals surface area contributed by atoms with Crippen LogP contribution in [0.1, 0.15) is 44.3 Å². The number of aromatic nitrogens is 3. The van der Waals surface area contributed by atoms with E-state index in [4.69, 9.17) is 5.73 Å². The number of fused-ring (bicyclic) bond motifs is 1. The summed E-state index contributed by atoms with van der Waals surface area (Å²) in [7, 11) is 0. The number of rotatable bonds is 3. The predicted octanol–water partition coefficient (Wildman–Crippen LogP) is 1.31. The Morgan fingerprint density at radius 1 is 1.47 bits per heavy atom. The molecule has 1 aromatic rings. The van der Waals surface area contributed by atoms with Crippen LogP contribution in [0.3, 0.4) is 0 Å². The monoisotopic (exact) mass is 208 g/mol. The Morgan fingerprint density at radius 3 is 2.93 bits per heavy atom. The highest BCUT2D eigenvalue weighted by Crippen LogP contribution is 2.24. The molecule has 0 radical (unpaired) electrons. The van der Waals surface area contributed by atoms with Crippen molar-refractivity contribution in [3.05, 3.63) is 11.6 Å². The zero-order valence-corrected chi connectivity index (χ0v) is 9.61. The zero-order chi connectivity index (χ0) is 10.8. The normalized spacial score (nSPS) is 20.7. The topological polar surface area (TPSA) is 56.7 Å². The van der Waals surface area contributed by atoms with Crippen LogP contribution in [0.25, 0.3) is 0 Å². The summed E-state index contributed by atoms with van der Waals surface area (Å²) in [6, 6.07) is 0. The summed E-state index contributed by atoms with van der Waals surface area (Å²) >= 11 is 0. The van der Waals surface area contributed by atoms with Gasteiger partial charge in [-0.2, -0.15) is 0 Å². The van der Waals surface area contributed by atoms with E-state index >= 15 is 0 Å². The van der Waals surface area contributed by atoms with E-state index in [-0.39, 0.29) is 0 Å². The molecule has 0 spiro atoms. The van der Waals surface area contributed by atoms with Crippen LogP contribution >= 0.6 is 0 Å². The molecule has 1 atom stereocenters. The molecule has 1 aliphatic rings. The van der Waals surface area contributed by atoms with Crippen molar-refractivity contribution in [1.82, 2.24) is 14.8 Å². The minimum atomic E-state index is 0.470. The molecule has 15 heavy (non-hydrogen) atoms. The minimum absolute atomic E-state index is 0.470. The summed E-state index contributed by atoms with van der Waals surface area (Å²) in [6.45, 7) is 6.20. The Labute approximate surface area is 90.9 Å². The van der Waals surface area contributed by atoms with Crippen molar-refractivity contribution in [1.29, 1.82) is 0 Å². The Kier molecular flexibility index (Phi) is 3.05. The fraction of sp³-hybridized carbons (Fsp3) is 0.818. The lowest BCUT2D eigenvalue weighted by atomic mass is 9.94. The van der Waals surface area contributed by atoms with Crippen LogP contribution in [0, 0.1) is 5.92 Å². The molecule has 2 rings (SSSR count). The van der Waals surface area contributed by atoms with Gasteiger partial charge in [0.25, 0.3) is 0 Å². The van der Waals surface area contributed by atoms with Gasteiger partial charge in [-0.25, -0.2) is 0 Å². The predicted molar refractivity (Wildman–Crippen MR) is 59.6 cm³/mol. The van der Waals surface area contributed by atoms with Crippen molar-refractivity contribution in [2.75, 3.05) is 6.54 Å². The molecular weight excluding hydrogens is 188 g/mol. The molecule has 0 saturated carbocycles. The lowest BCUT2D eigenvalue weighted by Gasteiger charge is -2.23. The lowest BCUT2D eigenvalue weighted by Crippen LogP contribution is -2.23. The van der Waals surface area contributed by atoms with Gasteiger partial charge in [-0.05, 0) is 25.3 Å². The van der Waals surface area contributed by atoms with Crippen LogP contribution in [-0.2, 0) is 13.0 Å². The third-order valence-electron chi connectivity index (χ3n) is 3.18. The highest BCUT2D eigenvalue weighted by Gasteiger charge is 2.23. The van der Waals surface area contributed by atoms with Crippen molar-refractivity contribution < 1.29 is 0 Å². The smallest absolute Gasteiger partial charge is 0.135 e. The molecule has 0 amide bonds. The second kappa shape index (κ2) is 4.31. The van der Waals surface area contributed by atoms with Gasteiger partial charge in [-0.3, -0.25) is 0 Å². The number of hydrogen-bond donors (Lipinski definition) is 1. The van der Waals surface area contributed by atoms with Crippen molar-refractivity contribution in [2.45, 2.75) is 45.6 Å². The van der Waals surface area contributed by atoms with Crippen molar-refractivity contribution in [3.63, 3.8) is 0 Å². The lowest BCUT2D eigenvalue weighted by molar-refractivity contribution is 0.359. The van der Waals surface area contributed by atoms with E-state index in [1.165, 1.54) is 6.42 Å². The van der Waals surface area contributed by atoms with Gasteiger partial charge in [0.05, 0.1) is 0 Å². The van der Waals surface area contributed by atoms with Crippen molar-refractivity contribution >= 4 is 0 Å². The highest BCUT2D eigenvalue weighted by atomic mass is 15.3. The maximum Gasteiger partial charge on any atom is 0.135 e. The van der Waals surface area contributed by atoms with Gasteiger partial charge in [0.15, 0.2) is 0 Å². The number of nitrogens with two attached hydrogens (primary N) is 1. The van der Waals surface area contributed by atoms with Gasteiger partial charge in [0.1, 0.15) is 11.6 Å². The largest absolute Gasteiger partial charge is 0.330 e. The summed E-state index contributed by atoms with van der Waals surface area (Å²) in [4.78, 5) is 0. The van der Waals surface area contributed by atoms with Crippen LogP contribution in [0.2, 0.25) is 0 Å². The zero-order valence-electron chi connectivity index (χ0n) is 9.61. The fourth-order valence-electron chi connectivity index (χ4n) is 2.32. The van der Waals surface area contributed by atoms with E-state index in [1.54, 1.807) is 0 Å². The first kappa shape index (κ1) is 10.6. The van der Waals surface area contributed by atoms with E-state index < -0.39 is 0 Å². The van der Waals surface area contributed by atoms with Gasteiger partial charge in [0, 0.05) is 18.9 Å². The maximum atomic E-state index is 5.59. The Balaban J connectivity index is 2.15. The van der Waals surface area contributed by atoms with Crippen LogP contribution in [-0.4, -0.2) is 21.3 Å². The fourth-order valence-corrected chi connectivity index (χ4v) is 2.32. The second-order valence-electron chi connectivity index (χ2n) is 4.72. The Bertz CT molecular complexity index is 329. The van der Waals surface area contributed by atoms with Gasteiger partial charge in [-0.1, -0.05) is 13.8 Å². The van der Waals surface area contributed by atoms with Crippen LogP contribution in [0.15, 0.2) is 0 Å². The Morgan fingerprint density at radius 2 is 2.27 bits per heavy atom. The molecule has 2 heterocycles. The van der Waals surface area contributed by atoms with Gasteiger partial charge in [-0.15, -0.1) is 10.2 Å². The van der Waals surface area contributed by atoms with Gasteiger partial charge < -0.3 is 10.3 Å². The Hall–Kier alpha value is -0.900. The quantitative estimate of drug-likeness (QED) is 0.815. The summed E-state index contributed by atoms with van der Waals surface area (Å²) in [5.41, 5.74) is 5.59. The van der Waals surface area contributed by atoms with E-state index in [0.29, 0.717) is 11.8 Å². The van der Waals surface area contributed by atoms with E-state index in [0.717, 1.165) is 37.6 Å². The summed E-state index contributed by atoms with van der Waals surface area (Å²) in [5, 5.41) is 8.56. The minimum Gasteiger partial charge on any atom is -0.330 e. The van der Waals surface area contributed by atoms with Crippen molar-refractivity contribution in [3.8, 4) is 0 Å². The second-order valence-corrected chi connectivity index (χ2v) is 4.72. The summed E-state index contributed by atoms with van der Waals surface area (Å²) in [5.74, 6) is 3.48. The average molecular weight is 208 g/mol. The molecule has 0 aliphatic carbocycles.